The minimum absolute atomic E-state index is 0.0478. The number of carbonyl (C=O) groups excluding carboxylic acids is 2. The fourth-order valence-electron chi connectivity index (χ4n) is 2.43. The second-order valence-corrected chi connectivity index (χ2v) is 5.40. The maximum Gasteiger partial charge on any atom is 0.337 e. The lowest BCUT2D eigenvalue weighted by Gasteiger charge is -2.31. The summed E-state index contributed by atoms with van der Waals surface area (Å²) in [6.07, 6.45) is 0.0822. The van der Waals surface area contributed by atoms with Crippen LogP contribution < -0.4 is 5.32 Å². The molecule has 1 aromatic carbocycles. The van der Waals surface area contributed by atoms with Crippen molar-refractivity contribution in [2.75, 3.05) is 38.7 Å². The van der Waals surface area contributed by atoms with Crippen molar-refractivity contribution < 1.29 is 19.1 Å². The Kier molecular flexibility index (Phi) is 5.38. The first-order valence-corrected chi connectivity index (χ1v) is 7.33. The molecule has 1 unspecified atom stereocenters. The molecule has 0 radical (unpaired) electrons. The van der Waals surface area contributed by atoms with Crippen LogP contribution in [0.15, 0.2) is 18.2 Å². The molecule has 120 valence electrons. The predicted molar refractivity (Wildman–Crippen MR) is 83.0 cm³/mol. The van der Waals surface area contributed by atoms with Crippen LogP contribution >= 0.6 is 0 Å². The molecule has 1 fully saturated rings. The van der Waals surface area contributed by atoms with Gasteiger partial charge in [0.15, 0.2) is 0 Å². The highest BCUT2D eigenvalue weighted by atomic mass is 16.5. The van der Waals surface area contributed by atoms with Gasteiger partial charge in [0.1, 0.15) is 0 Å². The first-order chi connectivity index (χ1) is 10.5. The minimum Gasteiger partial charge on any atom is -0.465 e. The van der Waals surface area contributed by atoms with Crippen LogP contribution in [0.5, 0.6) is 0 Å². The zero-order valence-corrected chi connectivity index (χ0v) is 13.2. The van der Waals surface area contributed by atoms with Crippen molar-refractivity contribution >= 4 is 17.6 Å². The third kappa shape index (κ3) is 3.98. The van der Waals surface area contributed by atoms with Gasteiger partial charge < -0.3 is 19.7 Å². The van der Waals surface area contributed by atoms with Gasteiger partial charge in [-0.1, -0.05) is 0 Å². The van der Waals surface area contributed by atoms with Crippen molar-refractivity contribution in [2.24, 2.45) is 0 Å². The molecule has 6 heteroatoms. The molecular formula is C16H22N2O4. The molecule has 1 heterocycles. The normalized spacial score (nSPS) is 18.0. The summed E-state index contributed by atoms with van der Waals surface area (Å²) < 4.78 is 10.1. The number of aryl methyl sites for hydroxylation is 1. The van der Waals surface area contributed by atoms with E-state index in [2.05, 4.69) is 10.1 Å². The van der Waals surface area contributed by atoms with Crippen LogP contribution in [0.4, 0.5) is 5.69 Å². The maximum absolute atomic E-state index is 12.2. The highest BCUT2D eigenvalue weighted by Gasteiger charge is 2.21. The Bertz CT molecular complexity index is 559. The van der Waals surface area contributed by atoms with E-state index in [4.69, 9.17) is 4.74 Å². The second-order valence-electron chi connectivity index (χ2n) is 5.40. The van der Waals surface area contributed by atoms with Crippen molar-refractivity contribution in [3.05, 3.63) is 29.3 Å². The molecule has 1 saturated heterocycles. The molecule has 0 spiro atoms. The highest BCUT2D eigenvalue weighted by molar-refractivity contribution is 5.90. The second kappa shape index (κ2) is 7.26. The Hall–Kier alpha value is -2.08. The number of nitrogens with zero attached hydrogens (tertiary/aromatic N) is 1. The van der Waals surface area contributed by atoms with E-state index in [9.17, 15) is 9.59 Å². The van der Waals surface area contributed by atoms with Crippen LogP contribution in [0, 0.1) is 6.92 Å². The third-order valence-electron chi connectivity index (χ3n) is 3.67. The molecule has 1 aliphatic rings. The van der Waals surface area contributed by atoms with Crippen LogP contribution in [-0.4, -0.2) is 56.2 Å². The molecule has 0 saturated carbocycles. The predicted octanol–water partition coefficient (Wildman–Crippen LogP) is 1.44. The number of morpholine rings is 1. The molecule has 2 rings (SSSR count). The molecule has 0 aromatic heterocycles. The number of methoxy groups -OCH3 is 1. The van der Waals surface area contributed by atoms with Crippen molar-refractivity contribution in [1.29, 1.82) is 0 Å². The highest BCUT2D eigenvalue weighted by Crippen LogP contribution is 2.17. The zero-order valence-electron chi connectivity index (χ0n) is 13.2. The summed E-state index contributed by atoms with van der Waals surface area (Å²) in [6, 6.07) is 5.22. The number of amides is 1. The van der Waals surface area contributed by atoms with E-state index >= 15 is 0 Å². The smallest absolute Gasteiger partial charge is 0.337 e. The van der Waals surface area contributed by atoms with Crippen molar-refractivity contribution in [3.8, 4) is 0 Å². The Labute approximate surface area is 130 Å². The van der Waals surface area contributed by atoms with Gasteiger partial charge in [0, 0.05) is 18.8 Å². The summed E-state index contributed by atoms with van der Waals surface area (Å²) >= 11 is 0. The van der Waals surface area contributed by atoms with Crippen molar-refractivity contribution in [1.82, 2.24) is 4.90 Å². The number of rotatable bonds is 4. The SMILES string of the molecule is COC(=O)c1ccc(NCC(=O)N2CCOC(C)C2)c(C)c1. The number of nitrogens with one attached hydrogen (secondary N) is 1. The van der Waals surface area contributed by atoms with Gasteiger partial charge in [-0.2, -0.15) is 0 Å². The van der Waals surface area contributed by atoms with Crippen LogP contribution in [0.2, 0.25) is 0 Å². The molecule has 6 nitrogen and oxygen atoms in total. The maximum atomic E-state index is 12.2. The van der Waals surface area contributed by atoms with E-state index in [-0.39, 0.29) is 24.5 Å². The average Bonchev–Trinajstić information content (AvgIpc) is 2.52. The Morgan fingerprint density at radius 1 is 1.45 bits per heavy atom. The summed E-state index contributed by atoms with van der Waals surface area (Å²) in [5.74, 6) is -0.320. The first-order valence-electron chi connectivity index (χ1n) is 7.33. The first kappa shape index (κ1) is 16.3. The van der Waals surface area contributed by atoms with Crippen LogP contribution in [0.1, 0.15) is 22.8 Å². The molecule has 0 aliphatic carbocycles. The number of carbonyl (C=O) groups is 2. The number of benzene rings is 1. The molecule has 1 amide bonds. The van der Waals surface area contributed by atoms with Crippen LogP contribution in [-0.2, 0) is 14.3 Å². The van der Waals surface area contributed by atoms with Gasteiger partial charge in [-0.05, 0) is 37.6 Å². The number of esters is 1. The standard InChI is InChI=1S/C16H22N2O4/c1-11-8-13(16(20)21-3)4-5-14(11)17-9-15(19)18-6-7-22-12(2)10-18/h4-5,8,12,17H,6-7,9-10H2,1-3H3. The summed E-state index contributed by atoms with van der Waals surface area (Å²) in [7, 11) is 1.35. The molecule has 0 bridgehead atoms. The van der Waals surface area contributed by atoms with Gasteiger partial charge >= 0.3 is 5.97 Å². The van der Waals surface area contributed by atoms with Gasteiger partial charge in [0.05, 0.1) is 31.9 Å². The number of anilines is 1. The van der Waals surface area contributed by atoms with Gasteiger partial charge in [0.25, 0.3) is 0 Å². The Morgan fingerprint density at radius 3 is 2.86 bits per heavy atom. The molecule has 1 atom stereocenters. The summed E-state index contributed by atoms with van der Waals surface area (Å²) in [5, 5.41) is 3.12. The summed E-state index contributed by atoms with van der Waals surface area (Å²) in [6.45, 7) is 5.91. The van der Waals surface area contributed by atoms with Gasteiger partial charge in [-0.25, -0.2) is 4.79 Å². The fourth-order valence-corrected chi connectivity index (χ4v) is 2.43. The molecule has 1 aliphatic heterocycles. The van der Waals surface area contributed by atoms with E-state index in [1.165, 1.54) is 7.11 Å². The minimum atomic E-state index is -0.368. The number of ether oxygens (including phenoxy) is 2. The van der Waals surface area contributed by atoms with Gasteiger partial charge in [-0.15, -0.1) is 0 Å². The van der Waals surface area contributed by atoms with Crippen molar-refractivity contribution in [2.45, 2.75) is 20.0 Å². The largest absolute Gasteiger partial charge is 0.465 e. The summed E-state index contributed by atoms with van der Waals surface area (Å²) in [5.41, 5.74) is 2.23. The quantitative estimate of drug-likeness (QED) is 0.853. The number of hydrogen-bond donors (Lipinski definition) is 1. The lowest BCUT2D eigenvalue weighted by Crippen LogP contribution is -2.46. The molecular weight excluding hydrogens is 284 g/mol. The molecule has 22 heavy (non-hydrogen) atoms. The van der Waals surface area contributed by atoms with Crippen molar-refractivity contribution in [3.63, 3.8) is 0 Å². The monoisotopic (exact) mass is 306 g/mol. The molecule has 1 N–H and O–H groups in total. The summed E-state index contributed by atoms with van der Waals surface area (Å²) in [4.78, 5) is 25.5. The average molecular weight is 306 g/mol. The van der Waals surface area contributed by atoms with E-state index < -0.39 is 0 Å². The Balaban J connectivity index is 1.93. The van der Waals surface area contributed by atoms with Gasteiger partial charge in [0.2, 0.25) is 5.91 Å². The van der Waals surface area contributed by atoms with Gasteiger partial charge in [-0.3, -0.25) is 4.79 Å². The van der Waals surface area contributed by atoms with E-state index in [0.29, 0.717) is 25.3 Å². The lowest BCUT2D eigenvalue weighted by molar-refractivity contribution is -0.136. The van der Waals surface area contributed by atoms with E-state index in [0.717, 1.165) is 11.3 Å². The number of hydrogen-bond acceptors (Lipinski definition) is 5. The molecule has 1 aromatic rings. The van der Waals surface area contributed by atoms with Crippen LogP contribution in [0.3, 0.4) is 0 Å². The van der Waals surface area contributed by atoms with E-state index in [1.807, 2.05) is 13.8 Å². The fraction of sp³-hybridized carbons (Fsp3) is 0.500. The van der Waals surface area contributed by atoms with Crippen LogP contribution in [0.25, 0.3) is 0 Å². The Morgan fingerprint density at radius 2 is 2.23 bits per heavy atom. The lowest BCUT2D eigenvalue weighted by atomic mass is 10.1. The zero-order chi connectivity index (χ0) is 16.1. The van der Waals surface area contributed by atoms with E-state index in [1.54, 1.807) is 23.1 Å². The topological polar surface area (TPSA) is 67.9 Å². The third-order valence-corrected chi connectivity index (χ3v) is 3.67.